The number of ether oxygens (including phenoxy) is 1. The van der Waals surface area contributed by atoms with Crippen LogP contribution < -0.4 is 4.74 Å². The van der Waals surface area contributed by atoms with Crippen LogP contribution in [0.5, 0.6) is 5.75 Å². The van der Waals surface area contributed by atoms with Crippen LogP contribution in [0.2, 0.25) is 0 Å². The summed E-state index contributed by atoms with van der Waals surface area (Å²) in [7, 11) is 1.55. The fourth-order valence-corrected chi connectivity index (χ4v) is 3.01. The van der Waals surface area contributed by atoms with Crippen molar-refractivity contribution in [2.45, 2.75) is 0 Å². The molecule has 0 bridgehead atoms. The average Bonchev–Trinajstić information content (AvgIpc) is 2.80. The van der Waals surface area contributed by atoms with E-state index in [4.69, 9.17) is 17.0 Å². The summed E-state index contributed by atoms with van der Waals surface area (Å²) in [5.74, 6) is -1.22. The van der Waals surface area contributed by atoms with E-state index < -0.39 is 11.6 Å². The number of rotatable bonds is 2. The molecule has 0 aliphatic rings. The first-order valence-corrected chi connectivity index (χ1v) is 7.15. The van der Waals surface area contributed by atoms with Gasteiger partial charge in [0.15, 0.2) is 16.4 Å². The lowest BCUT2D eigenvalue weighted by Gasteiger charge is -2.09. The smallest absolute Gasteiger partial charge is 0.184 e. The van der Waals surface area contributed by atoms with Crippen molar-refractivity contribution in [2.75, 3.05) is 7.11 Å². The van der Waals surface area contributed by atoms with Crippen molar-refractivity contribution in [3.8, 4) is 11.4 Å². The molecule has 21 heavy (non-hydrogen) atoms. The van der Waals surface area contributed by atoms with E-state index in [9.17, 15) is 8.78 Å². The van der Waals surface area contributed by atoms with Crippen LogP contribution >= 0.6 is 28.1 Å². The highest BCUT2D eigenvalue weighted by molar-refractivity contribution is 9.10. The lowest BCUT2D eigenvalue weighted by molar-refractivity contribution is 0.412. The Bertz CT molecular complexity index is 904. The molecule has 0 fully saturated rings. The number of methoxy groups -OCH3 is 1. The third kappa shape index (κ3) is 2.26. The maximum atomic E-state index is 14.1. The number of fused-ring (bicyclic) bond motifs is 1. The van der Waals surface area contributed by atoms with E-state index in [2.05, 4.69) is 20.9 Å². The lowest BCUT2D eigenvalue weighted by Crippen LogP contribution is -1.98. The molecule has 3 aromatic rings. The van der Waals surface area contributed by atoms with Gasteiger partial charge in [-0.1, -0.05) is 0 Å². The van der Waals surface area contributed by atoms with Crippen molar-refractivity contribution in [2.24, 2.45) is 0 Å². The molecule has 0 aliphatic carbocycles. The first-order valence-electron chi connectivity index (χ1n) is 5.95. The van der Waals surface area contributed by atoms with Crippen LogP contribution in [0, 0.1) is 16.4 Å². The van der Waals surface area contributed by atoms with Crippen LogP contribution in [0.3, 0.4) is 0 Å². The zero-order valence-electron chi connectivity index (χ0n) is 10.8. The molecule has 2 aromatic carbocycles. The van der Waals surface area contributed by atoms with Crippen molar-refractivity contribution in [1.82, 2.24) is 9.55 Å². The van der Waals surface area contributed by atoms with Gasteiger partial charge in [-0.3, -0.25) is 4.57 Å². The van der Waals surface area contributed by atoms with E-state index in [-0.39, 0.29) is 10.3 Å². The van der Waals surface area contributed by atoms with Gasteiger partial charge < -0.3 is 9.72 Å². The van der Waals surface area contributed by atoms with Gasteiger partial charge in [-0.25, -0.2) is 8.78 Å². The standard InChI is InChI=1S/C14H9BrF2N2OS/c1-20-11-5-2-7(6-8(11)15)19-13-10(18-14(19)21)4-3-9(16)12(13)17/h2-6H,1H3,(H,18,21). The first-order chi connectivity index (χ1) is 10.0. The van der Waals surface area contributed by atoms with Gasteiger partial charge in [0, 0.05) is 5.69 Å². The predicted octanol–water partition coefficient (Wildman–Crippen LogP) is 4.74. The molecule has 0 spiro atoms. The van der Waals surface area contributed by atoms with Crippen molar-refractivity contribution >= 4 is 39.2 Å². The van der Waals surface area contributed by atoms with Gasteiger partial charge in [0.1, 0.15) is 11.3 Å². The molecule has 0 unspecified atom stereocenters. The maximum Gasteiger partial charge on any atom is 0.184 e. The van der Waals surface area contributed by atoms with E-state index in [1.54, 1.807) is 25.3 Å². The molecule has 3 rings (SSSR count). The van der Waals surface area contributed by atoms with Crippen LogP contribution in [-0.2, 0) is 0 Å². The monoisotopic (exact) mass is 370 g/mol. The molecule has 1 N–H and O–H groups in total. The molecular formula is C14H9BrF2N2OS. The number of imidazole rings is 1. The summed E-state index contributed by atoms with van der Waals surface area (Å²) in [6.45, 7) is 0. The number of benzene rings is 2. The van der Waals surface area contributed by atoms with E-state index >= 15 is 0 Å². The van der Waals surface area contributed by atoms with Crippen LogP contribution in [0.15, 0.2) is 34.8 Å². The summed E-state index contributed by atoms with van der Waals surface area (Å²) in [5.41, 5.74) is 1.12. The van der Waals surface area contributed by atoms with Crippen LogP contribution in [-0.4, -0.2) is 16.7 Å². The van der Waals surface area contributed by atoms with Crippen LogP contribution in [0.1, 0.15) is 0 Å². The van der Waals surface area contributed by atoms with Crippen molar-refractivity contribution in [1.29, 1.82) is 0 Å². The Morgan fingerprint density at radius 1 is 1.24 bits per heavy atom. The Morgan fingerprint density at radius 2 is 2.00 bits per heavy atom. The number of hydrogen-bond acceptors (Lipinski definition) is 2. The topological polar surface area (TPSA) is 29.9 Å². The van der Waals surface area contributed by atoms with E-state index in [0.29, 0.717) is 21.4 Å². The number of aromatic nitrogens is 2. The van der Waals surface area contributed by atoms with Crippen molar-refractivity contribution < 1.29 is 13.5 Å². The molecule has 7 heteroatoms. The van der Waals surface area contributed by atoms with Gasteiger partial charge in [-0.15, -0.1) is 0 Å². The summed E-state index contributed by atoms with van der Waals surface area (Å²) in [6, 6.07) is 7.69. The molecule has 0 atom stereocenters. The minimum atomic E-state index is -0.938. The molecule has 3 nitrogen and oxygen atoms in total. The second-order valence-corrected chi connectivity index (χ2v) is 5.58. The number of aromatic amines is 1. The second kappa shape index (κ2) is 5.23. The molecule has 1 aromatic heterocycles. The quantitative estimate of drug-likeness (QED) is 0.660. The van der Waals surface area contributed by atoms with Crippen LogP contribution in [0.4, 0.5) is 8.78 Å². The molecule has 0 saturated carbocycles. The highest BCUT2D eigenvalue weighted by Crippen LogP contribution is 2.30. The Labute approximate surface area is 132 Å². The lowest BCUT2D eigenvalue weighted by atomic mass is 10.2. The number of H-pyrrole nitrogens is 1. The second-order valence-electron chi connectivity index (χ2n) is 4.34. The Balaban J connectivity index is 2.34. The third-order valence-electron chi connectivity index (χ3n) is 3.13. The van der Waals surface area contributed by atoms with Gasteiger partial charge in [-0.2, -0.15) is 0 Å². The van der Waals surface area contributed by atoms with Crippen molar-refractivity contribution in [3.63, 3.8) is 0 Å². The van der Waals surface area contributed by atoms with E-state index in [1.165, 1.54) is 10.6 Å². The van der Waals surface area contributed by atoms with Crippen LogP contribution in [0.25, 0.3) is 16.7 Å². The summed E-state index contributed by atoms with van der Waals surface area (Å²) in [6.07, 6.45) is 0. The van der Waals surface area contributed by atoms with E-state index in [0.717, 1.165) is 6.07 Å². The van der Waals surface area contributed by atoms with Gasteiger partial charge in [0.25, 0.3) is 0 Å². The Hall–Kier alpha value is -1.73. The fraction of sp³-hybridized carbons (Fsp3) is 0.0714. The maximum absolute atomic E-state index is 14.1. The SMILES string of the molecule is COc1ccc(-n2c(=S)[nH]c3ccc(F)c(F)c32)cc1Br. The molecular weight excluding hydrogens is 362 g/mol. The molecule has 0 amide bonds. The Kier molecular flexibility index (Phi) is 3.54. The molecule has 0 aliphatic heterocycles. The van der Waals surface area contributed by atoms with Gasteiger partial charge in [0.05, 0.1) is 17.1 Å². The van der Waals surface area contributed by atoms with Gasteiger partial charge in [-0.05, 0) is 58.5 Å². The molecule has 0 radical (unpaired) electrons. The molecule has 0 saturated heterocycles. The molecule has 108 valence electrons. The zero-order valence-corrected chi connectivity index (χ0v) is 13.2. The van der Waals surface area contributed by atoms with Gasteiger partial charge >= 0.3 is 0 Å². The minimum absolute atomic E-state index is 0.0806. The van der Waals surface area contributed by atoms with Gasteiger partial charge in [0.2, 0.25) is 0 Å². The minimum Gasteiger partial charge on any atom is -0.496 e. The number of nitrogens with zero attached hydrogens (tertiary/aromatic N) is 1. The highest BCUT2D eigenvalue weighted by Gasteiger charge is 2.15. The summed E-state index contributed by atoms with van der Waals surface area (Å²) >= 11 is 8.58. The summed E-state index contributed by atoms with van der Waals surface area (Å²) in [5, 5.41) is 0. The fourth-order valence-electron chi connectivity index (χ4n) is 2.17. The summed E-state index contributed by atoms with van der Waals surface area (Å²) < 4.78 is 35.2. The normalized spacial score (nSPS) is 11.0. The zero-order chi connectivity index (χ0) is 15.1. The largest absolute Gasteiger partial charge is 0.496 e. The predicted molar refractivity (Wildman–Crippen MR) is 82.6 cm³/mol. The summed E-state index contributed by atoms with van der Waals surface area (Å²) in [4.78, 5) is 2.87. The number of hydrogen-bond donors (Lipinski definition) is 1. The Morgan fingerprint density at radius 3 is 2.67 bits per heavy atom. The number of halogens is 3. The van der Waals surface area contributed by atoms with E-state index in [1.807, 2.05) is 0 Å². The number of nitrogens with one attached hydrogen (secondary N) is 1. The molecule has 1 heterocycles. The average molecular weight is 371 g/mol. The highest BCUT2D eigenvalue weighted by atomic mass is 79.9. The van der Waals surface area contributed by atoms with Crippen molar-refractivity contribution in [3.05, 3.63) is 51.2 Å². The third-order valence-corrected chi connectivity index (χ3v) is 4.04. The first kappa shape index (κ1) is 14.2.